The molecule has 3 heteroatoms. The molecule has 0 aromatic rings. The van der Waals surface area contributed by atoms with Crippen molar-refractivity contribution in [2.45, 2.75) is 45.3 Å². The van der Waals surface area contributed by atoms with Gasteiger partial charge in [0, 0.05) is 19.7 Å². The molecule has 0 saturated carbocycles. The lowest BCUT2D eigenvalue weighted by molar-refractivity contribution is 0.0510. The molecule has 0 bridgehead atoms. The van der Waals surface area contributed by atoms with Crippen LogP contribution in [-0.4, -0.2) is 48.5 Å². The van der Waals surface area contributed by atoms with Gasteiger partial charge >= 0.3 is 0 Å². The van der Waals surface area contributed by atoms with Crippen molar-refractivity contribution in [1.82, 2.24) is 4.90 Å². The van der Waals surface area contributed by atoms with Crippen molar-refractivity contribution < 1.29 is 9.84 Å². The second-order valence-corrected chi connectivity index (χ2v) is 4.05. The summed E-state index contributed by atoms with van der Waals surface area (Å²) in [5.41, 5.74) is 0. The third-order valence-corrected chi connectivity index (χ3v) is 2.87. The van der Waals surface area contributed by atoms with E-state index in [1.54, 1.807) is 0 Å². The van der Waals surface area contributed by atoms with Gasteiger partial charge in [-0.1, -0.05) is 13.8 Å². The van der Waals surface area contributed by atoms with Crippen LogP contribution in [0.15, 0.2) is 0 Å². The van der Waals surface area contributed by atoms with E-state index >= 15 is 0 Å². The number of likely N-dealkylation sites (N-methyl/N-ethyl adjacent to an activating group) is 1. The molecular weight excluding hydrogens is 178 g/mol. The second kappa shape index (κ2) is 6.38. The van der Waals surface area contributed by atoms with Crippen LogP contribution in [0.2, 0.25) is 0 Å². The Kier molecular flexibility index (Phi) is 5.45. The minimum Gasteiger partial charge on any atom is -0.392 e. The van der Waals surface area contributed by atoms with Crippen LogP contribution >= 0.6 is 0 Å². The minimum absolute atomic E-state index is 0.184. The number of hydrogen-bond acceptors (Lipinski definition) is 3. The van der Waals surface area contributed by atoms with Crippen molar-refractivity contribution in [2.24, 2.45) is 0 Å². The highest BCUT2D eigenvalue weighted by Gasteiger charge is 2.19. The van der Waals surface area contributed by atoms with E-state index in [2.05, 4.69) is 11.8 Å². The molecule has 1 N–H and O–H groups in total. The Morgan fingerprint density at radius 1 is 1.50 bits per heavy atom. The van der Waals surface area contributed by atoms with Crippen LogP contribution in [0.4, 0.5) is 0 Å². The molecule has 1 fully saturated rings. The molecule has 0 aliphatic carbocycles. The molecule has 0 radical (unpaired) electrons. The molecular formula is C11H23NO2. The average molecular weight is 201 g/mol. The Bertz CT molecular complexity index is 146. The molecule has 0 amide bonds. The summed E-state index contributed by atoms with van der Waals surface area (Å²) < 4.78 is 5.58. The smallest absolute Gasteiger partial charge is 0.0702 e. The van der Waals surface area contributed by atoms with E-state index in [-0.39, 0.29) is 6.10 Å². The Labute approximate surface area is 87.1 Å². The van der Waals surface area contributed by atoms with Gasteiger partial charge < -0.3 is 9.84 Å². The van der Waals surface area contributed by atoms with Gasteiger partial charge in [-0.05, 0) is 25.8 Å². The van der Waals surface area contributed by atoms with Crippen molar-refractivity contribution in [2.75, 3.05) is 26.2 Å². The minimum atomic E-state index is -0.184. The summed E-state index contributed by atoms with van der Waals surface area (Å²) in [4.78, 5) is 2.28. The highest BCUT2D eigenvalue weighted by molar-refractivity contribution is 4.71. The Balaban J connectivity index is 2.22. The van der Waals surface area contributed by atoms with Gasteiger partial charge in [0.25, 0.3) is 0 Å². The van der Waals surface area contributed by atoms with Crippen LogP contribution in [0.3, 0.4) is 0 Å². The summed E-state index contributed by atoms with van der Waals surface area (Å²) in [5, 5.41) is 9.55. The van der Waals surface area contributed by atoms with E-state index in [1.807, 2.05) is 6.92 Å². The normalized spacial score (nSPS) is 24.4. The monoisotopic (exact) mass is 201 g/mol. The topological polar surface area (TPSA) is 32.7 Å². The third-order valence-electron chi connectivity index (χ3n) is 2.87. The first-order chi connectivity index (χ1) is 6.76. The van der Waals surface area contributed by atoms with E-state index in [0.29, 0.717) is 6.10 Å². The number of hydrogen-bond donors (Lipinski definition) is 1. The summed E-state index contributed by atoms with van der Waals surface area (Å²) in [7, 11) is 0. The Morgan fingerprint density at radius 2 is 2.29 bits per heavy atom. The summed E-state index contributed by atoms with van der Waals surface area (Å²) in [5.74, 6) is 0. The molecule has 84 valence electrons. The highest BCUT2D eigenvalue weighted by Crippen LogP contribution is 2.13. The molecule has 1 saturated heterocycles. The van der Waals surface area contributed by atoms with Gasteiger partial charge in [0.05, 0.1) is 12.2 Å². The molecule has 0 aromatic heterocycles. The predicted octanol–water partition coefficient (Wildman–Crippen LogP) is 1.26. The van der Waals surface area contributed by atoms with E-state index in [9.17, 15) is 5.11 Å². The maximum Gasteiger partial charge on any atom is 0.0702 e. The molecule has 1 heterocycles. The zero-order valence-corrected chi connectivity index (χ0v) is 9.41. The molecule has 0 aromatic carbocycles. The average Bonchev–Trinajstić information content (AvgIpc) is 2.69. The SMILES string of the molecule is CC[C@@H](O)CN(CC)CC1CCCO1. The maximum absolute atomic E-state index is 9.55. The first-order valence-electron chi connectivity index (χ1n) is 5.78. The fourth-order valence-corrected chi connectivity index (χ4v) is 1.84. The Morgan fingerprint density at radius 3 is 2.79 bits per heavy atom. The van der Waals surface area contributed by atoms with E-state index < -0.39 is 0 Å². The van der Waals surface area contributed by atoms with Crippen molar-refractivity contribution in [1.29, 1.82) is 0 Å². The van der Waals surface area contributed by atoms with Crippen molar-refractivity contribution in [3.8, 4) is 0 Å². The molecule has 1 rings (SSSR count). The van der Waals surface area contributed by atoms with Gasteiger partial charge in [0.15, 0.2) is 0 Å². The van der Waals surface area contributed by atoms with Gasteiger partial charge in [-0.2, -0.15) is 0 Å². The van der Waals surface area contributed by atoms with Gasteiger partial charge in [-0.3, -0.25) is 4.90 Å². The number of aliphatic hydroxyl groups excluding tert-OH is 1. The van der Waals surface area contributed by atoms with E-state index in [1.165, 1.54) is 12.8 Å². The third kappa shape index (κ3) is 3.95. The van der Waals surface area contributed by atoms with Gasteiger partial charge in [0.2, 0.25) is 0 Å². The van der Waals surface area contributed by atoms with Gasteiger partial charge in [-0.15, -0.1) is 0 Å². The lowest BCUT2D eigenvalue weighted by atomic mass is 10.2. The fraction of sp³-hybridized carbons (Fsp3) is 1.00. The molecule has 1 aliphatic rings. The van der Waals surface area contributed by atoms with Crippen LogP contribution in [0.25, 0.3) is 0 Å². The summed E-state index contributed by atoms with van der Waals surface area (Å²) >= 11 is 0. The lowest BCUT2D eigenvalue weighted by Gasteiger charge is -2.25. The molecule has 14 heavy (non-hydrogen) atoms. The van der Waals surface area contributed by atoms with Crippen LogP contribution in [0.5, 0.6) is 0 Å². The first kappa shape index (κ1) is 12.0. The van der Waals surface area contributed by atoms with Crippen molar-refractivity contribution in [3.05, 3.63) is 0 Å². The number of aliphatic hydroxyl groups is 1. The molecule has 3 nitrogen and oxygen atoms in total. The largest absolute Gasteiger partial charge is 0.392 e. The standard InChI is InChI=1S/C11H23NO2/c1-3-10(13)8-12(4-2)9-11-6-5-7-14-11/h10-11,13H,3-9H2,1-2H3/t10-,11?/m1/s1. The van der Waals surface area contributed by atoms with Gasteiger partial charge in [-0.25, -0.2) is 0 Å². The fourth-order valence-electron chi connectivity index (χ4n) is 1.84. The number of nitrogens with zero attached hydrogens (tertiary/aromatic N) is 1. The Hall–Kier alpha value is -0.120. The van der Waals surface area contributed by atoms with Crippen LogP contribution < -0.4 is 0 Å². The molecule has 1 aliphatic heterocycles. The summed E-state index contributed by atoms with van der Waals surface area (Å²) in [6.45, 7) is 7.83. The quantitative estimate of drug-likeness (QED) is 0.702. The first-order valence-corrected chi connectivity index (χ1v) is 5.78. The second-order valence-electron chi connectivity index (χ2n) is 4.05. The van der Waals surface area contributed by atoms with Crippen LogP contribution in [0.1, 0.15) is 33.1 Å². The van der Waals surface area contributed by atoms with Crippen molar-refractivity contribution in [3.63, 3.8) is 0 Å². The summed E-state index contributed by atoms with van der Waals surface area (Å²) in [6, 6.07) is 0. The zero-order chi connectivity index (χ0) is 10.4. The highest BCUT2D eigenvalue weighted by atomic mass is 16.5. The van der Waals surface area contributed by atoms with E-state index in [0.717, 1.165) is 32.7 Å². The zero-order valence-electron chi connectivity index (χ0n) is 9.41. The molecule has 0 spiro atoms. The maximum atomic E-state index is 9.55. The number of rotatable bonds is 6. The predicted molar refractivity (Wildman–Crippen MR) is 57.4 cm³/mol. The van der Waals surface area contributed by atoms with Crippen LogP contribution in [0, 0.1) is 0 Å². The van der Waals surface area contributed by atoms with Gasteiger partial charge in [0.1, 0.15) is 0 Å². The summed E-state index contributed by atoms with van der Waals surface area (Å²) in [6.07, 6.45) is 3.43. The van der Waals surface area contributed by atoms with Crippen LogP contribution in [-0.2, 0) is 4.74 Å². The molecule has 2 atom stereocenters. The number of ether oxygens (including phenoxy) is 1. The molecule has 1 unspecified atom stereocenters. The van der Waals surface area contributed by atoms with E-state index in [4.69, 9.17) is 4.74 Å². The van der Waals surface area contributed by atoms with Crippen molar-refractivity contribution >= 4 is 0 Å². The lowest BCUT2D eigenvalue weighted by Crippen LogP contribution is -2.37.